The zero-order chi connectivity index (χ0) is 22.6. The molecular weight excluding hydrogens is 414 g/mol. The molecule has 0 radical (unpaired) electrons. The van der Waals surface area contributed by atoms with Gasteiger partial charge >= 0.3 is 0 Å². The molecule has 0 saturated carbocycles. The molecule has 1 saturated heterocycles. The lowest BCUT2D eigenvalue weighted by atomic mass is 9.95. The van der Waals surface area contributed by atoms with Crippen LogP contribution in [0.3, 0.4) is 0 Å². The molecule has 0 spiro atoms. The van der Waals surface area contributed by atoms with Gasteiger partial charge in [-0.3, -0.25) is 4.79 Å². The number of fused-ring (bicyclic) bond motifs is 1. The summed E-state index contributed by atoms with van der Waals surface area (Å²) in [5.41, 5.74) is 4.63. The highest BCUT2D eigenvalue weighted by Crippen LogP contribution is 2.34. The minimum absolute atomic E-state index is 0.0217. The maximum Gasteiger partial charge on any atom is 0.263 e. The van der Waals surface area contributed by atoms with Gasteiger partial charge in [-0.25, -0.2) is 4.98 Å². The molecule has 4 aromatic rings. The molecular formula is C26H27N5O2. The van der Waals surface area contributed by atoms with Crippen LogP contribution in [0, 0.1) is 12.8 Å². The average Bonchev–Trinajstić information content (AvgIpc) is 3.30. The Kier molecular flexibility index (Phi) is 6.02. The molecule has 168 valence electrons. The van der Waals surface area contributed by atoms with E-state index in [4.69, 9.17) is 4.52 Å². The van der Waals surface area contributed by atoms with Crippen LogP contribution in [0.5, 0.6) is 0 Å². The number of anilines is 1. The fraction of sp³-hybridized carbons (Fsp3) is 0.308. The van der Waals surface area contributed by atoms with Crippen LogP contribution in [0.1, 0.15) is 24.0 Å². The summed E-state index contributed by atoms with van der Waals surface area (Å²) in [6, 6.07) is 18.4. The summed E-state index contributed by atoms with van der Waals surface area (Å²) in [4.78, 5) is 23.7. The van der Waals surface area contributed by atoms with Gasteiger partial charge in [-0.2, -0.15) is 4.98 Å². The van der Waals surface area contributed by atoms with Gasteiger partial charge in [-0.15, -0.1) is 0 Å². The predicted molar refractivity (Wildman–Crippen MR) is 128 cm³/mol. The van der Waals surface area contributed by atoms with Crippen molar-refractivity contribution in [2.45, 2.75) is 26.2 Å². The van der Waals surface area contributed by atoms with Crippen molar-refractivity contribution in [3.63, 3.8) is 0 Å². The lowest BCUT2D eigenvalue weighted by molar-refractivity contribution is -0.125. The Labute approximate surface area is 192 Å². The van der Waals surface area contributed by atoms with Crippen LogP contribution in [-0.4, -0.2) is 40.7 Å². The van der Waals surface area contributed by atoms with Crippen molar-refractivity contribution in [2.24, 2.45) is 5.92 Å². The molecule has 1 aliphatic rings. The van der Waals surface area contributed by atoms with Gasteiger partial charge in [0.25, 0.3) is 5.71 Å². The van der Waals surface area contributed by atoms with Gasteiger partial charge in [0.2, 0.25) is 5.91 Å². The second-order valence-corrected chi connectivity index (χ2v) is 8.56. The third-order valence-corrected chi connectivity index (χ3v) is 6.30. The maximum atomic E-state index is 12.7. The summed E-state index contributed by atoms with van der Waals surface area (Å²) in [5, 5.41) is 8.22. The number of aryl methyl sites for hydroxylation is 1. The van der Waals surface area contributed by atoms with Gasteiger partial charge < -0.3 is 14.7 Å². The SMILES string of the molecule is Cc1ccc(-c2noc3ncnc(N4CCC(C(=O)NCCc5ccccc5)CC4)c23)cc1. The Bertz CT molecular complexity index is 1230. The zero-order valence-electron chi connectivity index (χ0n) is 18.7. The fourth-order valence-electron chi connectivity index (χ4n) is 4.39. The van der Waals surface area contributed by atoms with E-state index in [9.17, 15) is 4.79 Å². The monoisotopic (exact) mass is 441 g/mol. The molecule has 2 aromatic heterocycles. The largest absolute Gasteiger partial charge is 0.356 e. The van der Waals surface area contributed by atoms with Crippen LogP contribution in [0.4, 0.5) is 5.82 Å². The van der Waals surface area contributed by atoms with E-state index in [1.807, 2.05) is 30.3 Å². The Balaban J connectivity index is 1.25. The number of hydrogen-bond acceptors (Lipinski definition) is 6. The average molecular weight is 442 g/mol. The Morgan fingerprint density at radius 2 is 1.82 bits per heavy atom. The molecule has 7 nitrogen and oxygen atoms in total. The number of amides is 1. The van der Waals surface area contributed by atoms with E-state index >= 15 is 0 Å². The van der Waals surface area contributed by atoms with Gasteiger partial charge in [0, 0.05) is 31.1 Å². The quantitative estimate of drug-likeness (QED) is 0.484. The molecule has 0 aliphatic carbocycles. The Morgan fingerprint density at radius 3 is 2.58 bits per heavy atom. The fourth-order valence-corrected chi connectivity index (χ4v) is 4.39. The lowest BCUT2D eigenvalue weighted by Crippen LogP contribution is -2.41. The van der Waals surface area contributed by atoms with E-state index in [1.54, 1.807) is 0 Å². The molecule has 3 heterocycles. The van der Waals surface area contributed by atoms with Crippen molar-refractivity contribution in [2.75, 3.05) is 24.5 Å². The first kappa shape index (κ1) is 21.1. The number of benzene rings is 2. The van der Waals surface area contributed by atoms with E-state index in [-0.39, 0.29) is 11.8 Å². The number of carbonyl (C=O) groups excluding carboxylic acids is 1. The first-order chi connectivity index (χ1) is 16.2. The van der Waals surface area contributed by atoms with Crippen LogP contribution in [0.15, 0.2) is 65.4 Å². The summed E-state index contributed by atoms with van der Waals surface area (Å²) in [6.07, 6.45) is 3.94. The standard InChI is InChI=1S/C26H27N5O2/c1-18-7-9-20(10-8-18)23-22-24(28-17-29-26(22)33-30-23)31-15-12-21(13-16-31)25(32)27-14-11-19-5-3-2-4-6-19/h2-10,17,21H,11-16H2,1H3,(H,27,32). The second kappa shape index (κ2) is 9.40. The number of hydrogen-bond donors (Lipinski definition) is 1. The topological polar surface area (TPSA) is 84.2 Å². The van der Waals surface area contributed by atoms with Crippen molar-refractivity contribution in [1.29, 1.82) is 0 Å². The smallest absolute Gasteiger partial charge is 0.263 e. The summed E-state index contributed by atoms with van der Waals surface area (Å²) in [5.74, 6) is 0.983. The number of piperidine rings is 1. The third-order valence-electron chi connectivity index (χ3n) is 6.30. The molecule has 1 aliphatic heterocycles. The second-order valence-electron chi connectivity index (χ2n) is 8.56. The van der Waals surface area contributed by atoms with E-state index in [2.05, 4.69) is 56.5 Å². The highest BCUT2D eigenvalue weighted by Gasteiger charge is 2.28. The molecule has 2 aromatic carbocycles. The minimum Gasteiger partial charge on any atom is -0.356 e. The molecule has 0 bridgehead atoms. The summed E-state index contributed by atoms with van der Waals surface area (Å²) in [7, 11) is 0. The normalized spacial score (nSPS) is 14.5. The summed E-state index contributed by atoms with van der Waals surface area (Å²) in [6.45, 7) is 4.22. The van der Waals surface area contributed by atoms with E-state index < -0.39 is 0 Å². The van der Waals surface area contributed by atoms with Crippen LogP contribution >= 0.6 is 0 Å². The van der Waals surface area contributed by atoms with Crippen molar-refractivity contribution < 1.29 is 9.32 Å². The maximum absolute atomic E-state index is 12.7. The number of nitrogens with zero attached hydrogens (tertiary/aromatic N) is 4. The predicted octanol–water partition coefficient (Wildman–Crippen LogP) is 4.17. The Morgan fingerprint density at radius 1 is 1.06 bits per heavy atom. The first-order valence-corrected chi connectivity index (χ1v) is 11.4. The Hall–Kier alpha value is -3.74. The van der Waals surface area contributed by atoms with Gasteiger partial charge in [0.1, 0.15) is 23.2 Å². The van der Waals surface area contributed by atoms with Crippen molar-refractivity contribution in [3.8, 4) is 11.3 Å². The molecule has 1 fully saturated rings. The zero-order valence-corrected chi connectivity index (χ0v) is 18.7. The molecule has 33 heavy (non-hydrogen) atoms. The number of rotatable bonds is 6. The molecule has 1 N–H and O–H groups in total. The van der Waals surface area contributed by atoms with E-state index in [1.165, 1.54) is 17.5 Å². The summed E-state index contributed by atoms with van der Waals surface area (Å²) >= 11 is 0. The van der Waals surface area contributed by atoms with Crippen LogP contribution in [-0.2, 0) is 11.2 Å². The van der Waals surface area contributed by atoms with E-state index in [0.717, 1.165) is 54.8 Å². The van der Waals surface area contributed by atoms with Crippen LogP contribution < -0.4 is 10.2 Å². The van der Waals surface area contributed by atoms with E-state index in [0.29, 0.717) is 12.3 Å². The number of aromatic nitrogens is 3. The minimum atomic E-state index is 0.0217. The van der Waals surface area contributed by atoms with Gasteiger partial charge in [-0.05, 0) is 31.7 Å². The highest BCUT2D eigenvalue weighted by molar-refractivity contribution is 5.98. The highest BCUT2D eigenvalue weighted by atomic mass is 16.5. The number of nitrogens with one attached hydrogen (secondary N) is 1. The van der Waals surface area contributed by atoms with Gasteiger partial charge in [0.05, 0.1) is 0 Å². The first-order valence-electron chi connectivity index (χ1n) is 11.4. The van der Waals surface area contributed by atoms with Crippen LogP contribution in [0.2, 0.25) is 0 Å². The molecule has 7 heteroatoms. The van der Waals surface area contributed by atoms with Crippen molar-refractivity contribution in [3.05, 3.63) is 72.1 Å². The van der Waals surface area contributed by atoms with Gasteiger partial charge in [0.15, 0.2) is 0 Å². The summed E-state index contributed by atoms with van der Waals surface area (Å²) < 4.78 is 5.51. The van der Waals surface area contributed by atoms with Crippen molar-refractivity contribution >= 4 is 22.8 Å². The molecule has 0 atom stereocenters. The number of carbonyl (C=O) groups is 1. The van der Waals surface area contributed by atoms with Crippen LogP contribution in [0.25, 0.3) is 22.4 Å². The molecule has 5 rings (SSSR count). The lowest BCUT2D eigenvalue weighted by Gasteiger charge is -2.32. The molecule has 1 amide bonds. The van der Waals surface area contributed by atoms with Crippen molar-refractivity contribution in [1.82, 2.24) is 20.4 Å². The molecule has 0 unspecified atom stereocenters. The third kappa shape index (κ3) is 4.58. The van der Waals surface area contributed by atoms with Gasteiger partial charge in [-0.1, -0.05) is 65.3 Å².